The quantitative estimate of drug-likeness (QED) is 0.802. The van der Waals surface area contributed by atoms with E-state index in [0.717, 1.165) is 24.4 Å². The molecular formula is C16H29ClN2. The zero-order chi connectivity index (χ0) is 12.2. The molecule has 2 saturated carbocycles. The summed E-state index contributed by atoms with van der Waals surface area (Å²) in [6.45, 7) is 1.06. The number of halogens is 1. The van der Waals surface area contributed by atoms with Gasteiger partial charge in [0.15, 0.2) is 0 Å². The van der Waals surface area contributed by atoms with E-state index in [-0.39, 0.29) is 12.4 Å². The lowest BCUT2D eigenvalue weighted by atomic mass is 9.77. The zero-order valence-corrected chi connectivity index (χ0v) is 12.9. The van der Waals surface area contributed by atoms with Crippen molar-refractivity contribution in [3.05, 3.63) is 0 Å². The van der Waals surface area contributed by atoms with Crippen LogP contribution in [0.3, 0.4) is 0 Å². The van der Waals surface area contributed by atoms with Crippen molar-refractivity contribution in [3.63, 3.8) is 0 Å². The highest BCUT2D eigenvalue weighted by Crippen LogP contribution is 2.39. The van der Waals surface area contributed by atoms with E-state index in [2.05, 4.69) is 10.3 Å². The standard InChI is InChI=1S/C16H28N2.ClH/c1-2-7-13(8-3-1)14-9-6-10-15(14)18-16-11-4-5-12-17-16;/h13-15H,1-12H2,(H,17,18);1H/t14-,15-;/m0./s1. The largest absolute Gasteiger partial charge is 0.371 e. The highest BCUT2D eigenvalue weighted by atomic mass is 35.5. The Kier molecular flexibility index (Phi) is 6.00. The molecule has 19 heavy (non-hydrogen) atoms. The third kappa shape index (κ3) is 3.87. The minimum Gasteiger partial charge on any atom is -0.371 e. The second-order valence-corrected chi connectivity index (χ2v) is 6.53. The normalized spacial score (nSPS) is 32.5. The predicted octanol–water partition coefficient (Wildman–Crippen LogP) is 4.33. The lowest BCUT2D eigenvalue weighted by Gasteiger charge is -2.33. The molecule has 3 aliphatic rings. The Labute approximate surface area is 124 Å². The fourth-order valence-corrected chi connectivity index (χ4v) is 4.32. The molecule has 2 aliphatic carbocycles. The van der Waals surface area contributed by atoms with Crippen molar-refractivity contribution >= 4 is 18.2 Å². The molecular weight excluding hydrogens is 256 g/mol. The summed E-state index contributed by atoms with van der Waals surface area (Å²) in [5.41, 5.74) is 0. The van der Waals surface area contributed by atoms with Crippen molar-refractivity contribution in [2.75, 3.05) is 6.54 Å². The zero-order valence-electron chi connectivity index (χ0n) is 12.1. The molecule has 1 heterocycles. The third-order valence-electron chi connectivity index (χ3n) is 5.30. The summed E-state index contributed by atoms with van der Waals surface area (Å²) in [6.07, 6.45) is 15.6. The molecule has 0 amide bonds. The van der Waals surface area contributed by atoms with Gasteiger partial charge in [-0.1, -0.05) is 38.5 Å². The van der Waals surface area contributed by atoms with Gasteiger partial charge in [-0.15, -0.1) is 12.4 Å². The van der Waals surface area contributed by atoms with Gasteiger partial charge in [-0.05, 0) is 37.5 Å². The minimum absolute atomic E-state index is 0. The number of hydrogen-bond donors (Lipinski definition) is 1. The number of hydrogen-bond acceptors (Lipinski definition) is 2. The summed E-state index contributed by atoms with van der Waals surface area (Å²) in [5, 5.41) is 3.82. The van der Waals surface area contributed by atoms with Crippen LogP contribution in [0.15, 0.2) is 4.99 Å². The van der Waals surface area contributed by atoms with Gasteiger partial charge >= 0.3 is 0 Å². The smallest absolute Gasteiger partial charge is 0.0965 e. The van der Waals surface area contributed by atoms with Crippen LogP contribution in [0, 0.1) is 11.8 Å². The number of rotatable bonds is 2. The maximum absolute atomic E-state index is 4.68. The molecule has 110 valence electrons. The van der Waals surface area contributed by atoms with E-state index in [9.17, 15) is 0 Å². The van der Waals surface area contributed by atoms with Crippen molar-refractivity contribution in [2.45, 2.75) is 76.7 Å². The van der Waals surface area contributed by atoms with Crippen molar-refractivity contribution in [3.8, 4) is 0 Å². The molecule has 3 heteroatoms. The maximum Gasteiger partial charge on any atom is 0.0965 e. The number of amidine groups is 1. The average Bonchev–Trinajstić information content (AvgIpc) is 2.89. The van der Waals surface area contributed by atoms with E-state index in [1.54, 1.807) is 0 Å². The molecule has 0 aromatic heterocycles. The van der Waals surface area contributed by atoms with Gasteiger partial charge in [-0.2, -0.15) is 0 Å². The molecule has 0 aromatic carbocycles. The first-order chi connectivity index (χ1) is 8.93. The molecule has 2 fully saturated rings. The first-order valence-corrected chi connectivity index (χ1v) is 8.23. The molecule has 0 bridgehead atoms. The first kappa shape index (κ1) is 15.2. The van der Waals surface area contributed by atoms with Gasteiger partial charge in [0.1, 0.15) is 0 Å². The van der Waals surface area contributed by atoms with Gasteiger partial charge in [-0.25, -0.2) is 0 Å². The average molecular weight is 285 g/mol. The van der Waals surface area contributed by atoms with E-state index >= 15 is 0 Å². The summed E-state index contributed by atoms with van der Waals surface area (Å²) in [5.74, 6) is 3.30. The van der Waals surface area contributed by atoms with Crippen molar-refractivity contribution in [1.82, 2.24) is 5.32 Å². The molecule has 0 spiro atoms. The van der Waals surface area contributed by atoms with Gasteiger partial charge in [-0.3, -0.25) is 4.99 Å². The monoisotopic (exact) mass is 284 g/mol. The van der Waals surface area contributed by atoms with Crippen molar-refractivity contribution < 1.29 is 0 Å². The summed E-state index contributed by atoms with van der Waals surface area (Å²) >= 11 is 0. The molecule has 0 aromatic rings. The maximum atomic E-state index is 4.68. The Hall–Kier alpha value is -0.240. The van der Waals surface area contributed by atoms with Crippen molar-refractivity contribution in [2.24, 2.45) is 16.8 Å². The van der Waals surface area contributed by atoms with Crippen LogP contribution in [0.25, 0.3) is 0 Å². The summed E-state index contributed by atoms with van der Waals surface area (Å²) in [6, 6.07) is 0.755. The molecule has 0 radical (unpaired) electrons. The fraction of sp³-hybridized carbons (Fsp3) is 0.938. The van der Waals surface area contributed by atoms with E-state index in [1.807, 2.05) is 0 Å². The second kappa shape index (κ2) is 7.52. The van der Waals surface area contributed by atoms with Gasteiger partial charge in [0.05, 0.1) is 5.84 Å². The highest BCUT2D eigenvalue weighted by Gasteiger charge is 2.34. The Morgan fingerprint density at radius 2 is 1.68 bits per heavy atom. The summed E-state index contributed by atoms with van der Waals surface area (Å²) < 4.78 is 0. The molecule has 2 atom stereocenters. The Bertz CT molecular complexity index is 297. The Balaban J connectivity index is 0.00000133. The van der Waals surface area contributed by atoms with E-state index in [4.69, 9.17) is 0 Å². The summed E-state index contributed by atoms with van der Waals surface area (Å²) in [4.78, 5) is 4.68. The molecule has 3 rings (SSSR count). The van der Waals surface area contributed by atoms with Crippen molar-refractivity contribution in [1.29, 1.82) is 0 Å². The van der Waals surface area contributed by atoms with E-state index < -0.39 is 0 Å². The Morgan fingerprint density at radius 3 is 2.42 bits per heavy atom. The second-order valence-electron chi connectivity index (χ2n) is 6.53. The van der Waals surface area contributed by atoms with Gasteiger partial charge < -0.3 is 5.32 Å². The lowest BCUT2D eigenvalue weighted by molar-refractivity contribution is 0.226. The number of nitrogens with zero attached hydrogens (tertiary/aromatic N) is 1. The van der Waals surface area contributed by atoms with Gasteiger partial charge in [0.25, 0.3) is 0 Å². The van der Waals surface area contributed by atoms with Crippen LogP contribution in [0.2, 0.25) is 0 Å². The predicted molar refractivity (Wildman–Crippen MR) is 84.2 cm³/mol. The highest BCUT2D eigenvalue weighted by molar-refractivity contribution is 5.85. The molecule has 1 N–H and O–H groups in total. The summed E-state index contributed by atoms with van der Waals surface area (Å²) in [7, 11) is 0. The molecule has 2 nitrogen and oxygen atoms in total. The molecule has 0 saturated heterocycles. The van der Waals surface area contributed by atoms with Crippen LogP contribution in [-0.4, -0.2) is 18.4 Å². The third-order valence-corrected chi connectivity index (χ3v) is 5.30. The minimum atomic E-state index is 0. The van der Waals surface area contributed by atoms with E-state index in [1.165, 1.54) is 76.5 Å². The van der Waals surface area contributed by atoms with Gasteiger partial charge in [0, 0.05) is 19.0 Å². The van der Waals surface area contributed by atoms with E-state index in [0.29, 0.717) is 0 Å². The van der Waals surface area contributed by atoms with Crippen LogP contribution >= 0.6 is 12.4 Å². The number of aliphatic imine (C=N–C) groups is 1. The molecule has 0 unspecified atom stereocenters. The van der Waals surface area contributed by atoms with Crippen LogP contribution in [0.1, 0.15) is 70.6 Å². The lowest BCUT2D eigenvalue weighted by Crippen LogP contribution is -2.41. The van der Waals surface area contributed by atoms with Gasteiger partial charge in [0.2, 0.25) is 0 Å². The van der Waals surface area contributed by atoms with Crippen LogP contribution in [0.5, 0.6) is 0 Å². The van der Waals surface area contributed by atoms with Crippen LogP contribution in [0.4, 0.5) is 0 Å². The molecule has 1 aliphatic heterocycles. The topological polar surface area (TPSA) is 24.4 Å². The fourth-order valence-electron chi connectivity index (χ4n) is 4.32. The SMILES string of the molecule is C1CCC([C@@H]2CCC[C@@H]2NC2=NCCCC2)CC1.Cl. The van der Waals surface area contributed by atoms with Crippen LogP contribution < -0.4 is 5.32 Å². The first-order valence-electron chi connectivity index (χ1n) is 8.23. The van der Waals surface area contributed by atoms with Crippen LogP contribution in [-0.2, 0) is 0 Å². The number of nitrogens with one attached hydrogen (secondary N) is 1. The Morgan fingerprint density at radius 1 is 0.842 bits per heavy atom.